The zero-order valence-corrected chi connectivity index (χ0v) is 11.8. The molecule has 0 aliphatic carbocycles. The Morgan fingerprint density at radius 1 is 1.39 bits per heavy atom. The molecule has 0 radical (unpaired) electrons. The number of ether oxygens (including phenoxy) is 1. The van der Waals surface area contributed by atoms with Gasteiger partial charge in [-0.25, -0.2) is 8.42 Å². The molecule has 0 atom stereocenters. The van der Waals surface area contributed by atoms with Crippen LogP contribution in [0.5, 0.6) is 5.75 Å². The van der Waals surface area contributed by atoms with Crippen LogP contribution in [0.1, 0.15) is 25.3 Å². The van der Waals surface area contributed by atoms with E-state index in [1.807, 2.05) is 13.8 Å². The van der Waals surface area contributed by atoms with Crippen molar-refractivity contribution in [2.45, 2.75) is 19.8 Å². The molecule has 0 saturated heterocycles. The van der Waals surface area contributed by atoms with Gasteiger partial charge >= 0.3 is 0 Å². The predicted octanol–water partition coefficient (Wildman–Crippen LogP) is 1.52. The summed E-state index contributed by atoms with van der Waals surface area (Å²) in [6.45, 7) is 4.15. The zero-order chi connectivity index (χ0) is 13.8. The molecule has 1 aromatic rings. The van der Waals surface area contributed by atoms with Crippen molar-refractivity contribution in [3.63, 3.8) is 0 Å². The fourth-order valence-corrected chi connectivity index (χ4v) is 2.53. The summed E-state index contributed by atoms with van der Waals surface area (Å²) in [6.07, 6.45) is 0. The van der Waals surface area contributed by atoms with Crippen LogP contribution in [0.2, 0.25) is 0 Å². The highest BCUT2D eigenvalue weighted by Crippen LogP contribution is 2.29. The molecule has 18 heavy (non-hydrogen) atoms. The number of benzene rings is 1. The first-order valence-corrected chi connectivity index (χ1v) is 7.43. The molecule has 3 N–H and O–H groups in total. The van der Waals surface area contributed by atoms with Crippen LogP contribution in [-0.4, -0.2) is 27.8 Å². The summed E-state index contributed by atoms with van der Waals surface area (Å²) in [4.78, 5) is 0. The Morgan fingerprint density at radius 2 is 2.06 bits per heavy atom. The SMILES string of the molecule is COc1ccc(NS(=O)(=O)CCN)cc1C(C)C. The second kappa shape index (κ2) is 6.06. The van der Waals surface area contributed by atoms with Crippen LogP contribution in [-0.2, 0) is 10.0 Å². The first kappa shape index (κ1) is 14.8. The van der Waals surface area contributed by atoms with Crippen LogP contribution in [0.3, 0.4) is 0 Å². The van der Waals surface area contributed by atoms with Gasteiger partial charge in [0.25, 0.3) is 0 Å². The molecule has 5 nitrogen and oxygen atoms in total. The minimum Gasteiger partial charge on any atom is -0.496 e. The minimum atomic E-state index is -3.36. The predicted molar refractivity (Wildman–Crippen MR) is 73.5 cm³/mol. The van der Waals surface area contributed by atoms with Crippen LogP contribution in [0.25, 0.3) is 0 Å². The van der Waals surface area contributed by atoms with E-state index in [-0.39, 0.29) is 18.2 Å². The highest BCUT2D eigenvalue weighted by molar-refractivity contribution is 7.92. The van der Waals surface area contributed by atoms with Crippen molar-refractivity contribution in [3.05, 3.63) is 23.8 Å². The summed E-state index contributed by atoms with van der Waals surface area (Å²) < 4.78 is 31.0. The second-order valence-electron chi connectivity index (χ2n) is 4.32. The van der Waals surface area contributed by atoms with Crippen LogP contribution in [0, 0.1) is 0 Å². The van der Waals surface area contributed by atoms with Gasteiger partial charge in [-0.15, -0.1) is 0 Å². The normalized spacial score (nSPS) is 11.6. The van der Waals surface area contributed by atoms with Crippen LogP contribution in [0.4, 0.5) is 5.69 Å². The molecule has 0 unspecified atom stereocenters. The summed E-state index contributed by atoms with van der Waals surface area (Å²) in [5, 5.41) is 0. The van der Waals surface area contributed by atoms with Crippen LogP contribution >= 0.6 is 0 Å². The number of nitrogens with one attached hydrogen (secondary N) is 1. The lowest BCUT2D eigenvalue weighted by Crippen LogP contribution is -2.22. The number of sulfonamides is 1. The van der Waals surface area contributed by atoms with Crippen molar-refractivity contribution in [2.75, 3.05) is 24.1 Å². The quantitative estimate of drug-likeness (QED) is 0.822. The Hall–Kier alpha value is -1.27. The number of hydrogen-bond acceptors (Lipinski definition) is 4. The number of anilines is 1. The Kier molecular flexibility index (Phi) is 4.98. The van der Waals surface area contributed by atoms with E-state index in [0.717, 1.165) is 11.3 Å². The van der Waals surface area contributed by atoms with E-state index in [1.54, 1.807) is 25.3 Å². The lowest BCUT2D eigenvalue weighted by molar-refractivity contribution is 0.407. The smallest absolute Gasteiger partial charge is 0.233 e. The van der Waals surface area contributed by atoms with Gasteiger partial charge in [0, 0.05) is 12.2 Å². The molecule has 1 aromatic carbocycles. The summed E-state index contributed by atoms with van der Waals surface area (Å²) in [5.74, 6) is 0.918. The van der Waals surface area contributed by atoms with Crippen molar-refractivity contribution in [2.24, 2.45) is 5.73 Å². The van der Waals surface area contributed by atoms with E-state index in [1.165, 1.54) is 0 Å². The van der Waals surface area contributed by atoms with Gasteiger partial charge in [0.1, 0.15) is 5.75 Å². The van der Waals surface area contributed by atoms with Gasteiger partial charge in [-0.3, -0.25) is 4.72 Å². The molecule has 6 heteroatoms. The Labute approximate surface area is 108 Å². The van der Waals surface area contributed by atoms with Gasteiger partial charge in [-0.05, 0) is 29.7 Å². The largest absolute Gasteiger partial charge is 0.496 e. The summed E-state index contributed by atoms with van der Waals surface area (Å²) in [6, 6.07) is 5.23. The summed E-state index contributed by atoms with van der Waals surface area (Å²) >= 11 is 0. The van der Waals surface area contributed by atoms with Gasteiger partial charge < -0.3 is 10.5 Å². The molecule has 0 spiro atoms. The van der Waals surface area contributed by atoms with Crippen molar-refractivity contribution in [1.29, 1.82) is 0 Å². The standard InChI is InChI=1S/C12H20N2O3S/c1-9(2)11-8-10(4-5-12(11)17-3)14-18(15,16)7-6-13/h4-5,8-9,14H,6-7,13H2,1-3H3. The molecule has 102 valence electrons. The van der Waals surface area contributed by atoms with Gasteiger partial charge in [-0.1, -0.05) is 13.8 Å². The van der Waals surface area contributed by atoms with Crippen LogP contribution < -0.4 is 15.2 Å². The summed E-state index contributed by atoms with van der Waals surface area (Å²) in [5.41, 5.74) is 6.75. The monoisotopic (exact) mass is 272 g/mol. The van der Waals surface area contributed by atoms with Gasteiger partial charge in [0.15, 0.2) is 0 Å². The average molecular weight is 272 g/mol. The van der Waals surface area contributed by atoms with E-state index in [2.05, 4.69) is 4.72 Å². The maximum absolute atomic E-state index is 11.6. The molecule has 0 fully saturated rings. The molecule has 0 saturated carbocycles. The van der Waals surface area contributed by atoms with E-state index in [0.29, 0.717) is 5.69 Å². The van der Waals surface area contributed by atoms with Gasteiger partial charge in [0.05, 0.1) is 12.9 Å². The lowest BCUT2D eigenvalue weighted by atomic mass is 10.0. The Balaban J connectivity index is 3.02. The lowest BCUT2D eigenvalue weighted by Gasteiger charge is -2.14. The van der Waals surface area contributed by atoms with E-state index >= 15 is 0 Å². The van der Waals surface area contributed by atoms with Crippen molar-refractivity contribution < 1.29 is 13.2 Å². The third kappa shape index (κ3) is 3.89. The average Bonchev–Trinajstić information content (AvgIpc) is 2.28. The maximum atomic E-state index is 11.6. The molecule has 0 bridgehead atoms. The van der Waals surface area contributed by atoms with Crippen molar-refractivity contribution in [3.8, 4) is 5.75 Å². The molecular weight excluding hydrogens is 252 g/mol. The first-order chi connectivity index (χ1) is 8.39. The highest BCUT2D eigenvalue weighted by atomic mass is 32.2. The molecule has 0 heterocycles. The highest BCUT2D eigenvalue weighted by Gasteiger charge is 2.12. The number of nitrogens with two attached hydrogens (primary N) is 1. The number of hydrogen-bond donors (Lipinski definition) is 2. The Bertz CT molecular complexity index is 498. The molecular formula is C12H20N2O3S. The number of rotatable bonds is 6. The second-order valence-corrected chi connectivity index (χ2v) is 6.16. The van der Waals surface area contributed by atoms with Gasteiger partial charge in [-0.2, -0.15) is 0 Å². The van der Waals surface area contributed by atoms with Crippen LogP contribution in [0.15, 0.2) is 18.2 Å². The first-order valence-electron chi connectivity index (χ1n) is 5.78. The third-order valence-corrected chi connectivity index (χ3v) is 3.83. The summed E-state index contributed by atoms with van der Waals surface area (Å²) in [7, 11) is -1.77. The van der Waals surface area contributed by atoms with E-state index in [4.69, 9.17) is 10.5 Å². The molecule has 0 aliphatic rings. The van der Waals surface area contributed by atoms with Gasteiger partial charge in [0.2, 0.25) is 10.0 Å². The molecule has 1 rings (SSSR count). The topological polar surface area (TPSA) is 81.4 Å². The third-order valence-electron chi connectivity index (χ3n) is 2.51. The fourth-order valence-electron chi connectivity index (χ4n) is 1.63. The maximum Gasteiger partial charge on any atom is 0.233 e. The van der Waals surface area contributed by atoms with Crippen molar-refractivity contribution >= 4 is 15.7 Å². The Morgan fingerprint density at radius 3 is 2.56 bits per heavy atom. The molecule has 0 aromatic heterocycles. The minimum absolute atomic E-state index is 0.0873. The van der Waals surface area contributed by atoms with E-state index in [9.17, 15) is 8.42 Å². The molecule has 0 aliphatic heterocycles. The number of methoxy groups -OCH3 is 1. The molecule has 0 amide bonds. The fraction of sp³-hybridized carbons (Fsp3) is 0.500. The van der Waals surface area contributed by atoms with E-state index < -0.39 is 10.0 Å². The zero-order valence-electron chi connectivity index (χ0n) is 10.9. The van der Waals surface area contributed by atoms with Crippen molar-refractivity contribution in [1.82, 2.24) is 0 Å².